The average Bonchev–Trinajstić information content (AvgIpc) is 3.32. The fourth-order valence-electron chi connectivity index (χ4n) is 3.50. The molecule has 1 aliphatic rings. The number of anilines is 2. The van der Waals surface area contributed by atoms with Crippen molar-refractivity contribution in [3.63, 3.8) is 0 Å². The highest BCUT2D eigenvalue weighted by Gasteiger charge is 2.33. The van der Waals surface area contributed by atoms with Gasteiger partial charge in [0, 0.05) is 47.4 Å². The van der Waals surface area contributed by atoms with Crippen molar-refractivity contribution in [3.05, 3.63) is 59.6 Å². The molecule has 1 aromatic heterocycles. The van der Waals surface area contributed by atoms with Crippen molar-refractivity contribution < 1.29 is 14.2 Å². The highest BCUT2D eigenvalue weighted by Crippen LogP contribution is 2.34. The van der Waals surface area contributed by atoms with Gasteiger partial charge < -0.3 is 20.1 Å². The second-order valence-electron chi connectivity index (χ2n) is 6.68. The Labute approximate surface area is 166 Å². The molecule has 2 unspecified atom stereocenters. The highest BCUT2D eigenvalue weighted by molar-refractivity contribution is 6.33. The summed E-state index contributed by atoms with van der Waals surface area (Å²) < 4.78 is 18.8. The van der Waals surface area contributed by atoms with E-state index in [4.69, 9.17) is 16.3 Å². The van der Waals surface area contributed by atoms with Crippen LogP contribution < -0.4 is 15.0 Å². The molecule has 0 radical (unpaired) electrons. The van der Waals surface area contributed by atoms with Gasteiger partial charge in [-0.1, -0.05) is 17.7 Å². The van der Waals surface area contributed by atoms with Crippen LogP contribution in [0.1, 0.15) is 6.42 Å². The van der Waals surface area contributed by atoms with Gasteiger partial charge in [0.15, 0.2) is 0 Å². The fraction of sp³-hybridized carbons (Fsp3) is 0.250. The van der Waals surface area contributed by atoms with Gasteiger partial charge in [-0.2, -0.15) is 5.10 Å². The van der Waals surface area contributed by atoms with Crippen LogP contribution in [0.2, 0.25) is 5.02 Å². The number of aromatic amines is 1. The van der Waals surface area contributed by atoms with Gasteiger partial charge in [-0.05, 0) is 24.6 Å². The molecular weight excluding hydrogens is 383 g/mol. The minimum Gasteiger partial charge on any atom is -0.497 e. The lowest BCUT2D eigenvalue weighted by atomic mass is 10.1. The van der Waals surface area contributed by atoms with E-state index in [1.54, 1.807) is 18.5 Å². The van der Waals surface area contributed by atoms with Crippen molar-refractivity contribution >= 4 is 23.0 Å². The maximum atomic E-state index is 13.7. The van der Waals surface area contributed by atoms with Gasteiger partial charge in [0.2, 0.25) is 0 Å². The van der Waals surface area contributed by atoms with Crippen molar-refractivity contribution in [2.24, 2.45) is 0 Å². The first-order valence-electron chi connectivity index (χ1n) is 8.89. The molecule has 28 heavy (non-hydrogen) atoms. The van der Waals surface area contributed by atoms with Crippen LogP contribution >= 0.6 is 11.6 Å². The van der Waals surface area contributed by atoms with Crippen LogP contribution in [0.15, 0.2) is 48.8 Å². The van der Waals surface area contributed by atoms with Crippen LogP contribution in [0.4, 0.5) is 15.8 Å². The number of ether oxygens (including phenoxy) is 1. The molecule has 0 spiro atoms. The molecule has 1 fully saturated rings. The Morgan fingerprint density at radius 2 is 2.18 bits per heavy atom. The zero-order valence-electron chi connectivity index (χ0n) is 15.2. The van der Waals surface area contributed by atoms with Crippen molar-refractivity contribution in [1.82, 2.24) is 10.2 Å². The Kier molecular flexibility index (Phi) is 5.11. The van der Waals surface area contributed by atoms with Crippen molar-refractivity contribution in [2.45, 2.75) is 18.7 Å². The van der Waals surface area contributed by atoms with E-state index in [0.29, 0.717) is 29.4 Å². The molecule has 8 heteroatoms. The van der Waals surface area contributed by atoms with E-state index in [-0.39, 0.29) is 6.04 Å². The monoisotopic (exact) mass is 402 g/mol. The first-order chi connectivity index (χ1) is 13.5. The van der Waals surface area contributed by atoms with E-state index in [9.17, 15) is 9.50 Å². The number of H-pyrrole nitrogens is 1. The van der Waals surface area contributed by atoms with Gasteiger partial charge in [-0.3, -0.25) is 5.10 Å². The van der Waals surface area contributed by atoms with Crippen LogP contribution in [0.25, 0.3) is 11.1 Å². The number of benzene rings is 2. The standard InChI is InChI=1S/C20H20ClFN4O2/c1-28-16-7-13(22)6-14(8-16)25-19-4-5-26(20(19)27)15-2-3-17(18(21)9-15)12-10-23-24-11-12/h2-3,6-11,19-20,25,27H,4-5H2,1H3,(H,23,24). The predicted molar refractivity (Wildman–Crippen MR) is 107 cm³/mol. The maximum Gasteiger partial charge on any atom is 0.147 e. The summed E-state index contributed by atoms with van der Waals surface area (Å²) in [6.07, 6.45) is 3.41. The van der Waals surface area contributed by atoms with E-state index in [1.165, 1.54) is 19.2 Å². The van der Waals surface area contributed by atoms with Gasteiger partial charge in [0.05, 0.1) is 24.4 Å². The number of hydrogen-bond donors (Lipinski definition) is 3. The maximum absolute atomic E-state index is 13.7. The Morgan fingerprint density at radius 1 is 1.32 bits per heavy atom. The van der Waals surface area contributed by atoms with Gasteiger partial charge in [0.25, 0.3) is 0 Å². The molecule has 0 bridgehead atoms. The van der Waals surface area contributed by atoms with Crippen LogP contribution in [0.3, 0.4) is 0 Å². The summed E-state index contributed by atoms with van der Waals surface area (Å²) in [6, 6.07) is 9.81. The van der Waals surface area contributed by atoms with Gasteiger partial charge in [-0.15, -0.1) is 0 Å². The fourth-order valence-corrected chi connectivity index (χ4v) is 3.78. The summed E-state index contributed by atoms with van der Waals surface area (Å²) in [4.78, 5) is 1.87. The summed E-state index contributed by atoms with van der Waals surface area (Å²) in [6.45, 7) is 0.646. The first kappa shape index (κ1) is 18.6. The molecular formula is C20H20ClFN4O2. The summed E-state index contributed by atoms with van der Waals surface area (Å²) in [5, 5.41) is 21.3. The van der Waals surface area contributed by atoms with E-state index in [2.05, 4.69) is 15.5 Å². The summed E-state index contributed by atoms with van der Waals surface area (Å²) in [5.41, 5.74) is 3.16. The van der Waals surface area contributed by atoms with E-state index in [0.717, 1.165) is 16.8 Å². The van der Waals surface area contributed by atoms with Crippen LogP contribution in [0.5, 0.6) is 5.75 Å². The Hall–Kier alpha value is -2.77. The highest BCUT2D eigenvalue weighted by atomic mass is 35.5. The lowest BCUT2D eigenvalue weighted by Gasteiger charge is -2.26. The number of aliphatic hydroxyl groups excluding tert-OH is 1. The Morgan fingerprint density at radius 3 is 2.89 bits per heavy atom. The molecule has 1 aliphatic heterocycles. The summed E-state index contributed by atoms with van der Waals surface area (Å²) >= 11 is 6.44. The molecule has 146 valence electrons. The number of nitrogens with one attached hydrogen (secondary N) is 2. The second-order valence-corrected chi connectivity index (χ2v) is 7.08. The Bertz CT molecular complexity index is 967. The number of rotatable bonds is 5. The van der Waals surface area contributed by atoms with E-state index in [1.807, 2.05) is 23.1 Å². The lowest BCUT2D eigenvalue weighted by molar-refractivity contribution is 0.174. The van der Waals surface area contributed by atoms with Gasteiger partial charge in [-0.25, -0.2) is 4.39 Å². The normalized spacial score (nSPS) is 19.1. The zero-order valence-corrected chi connectivity index (χ0v) is 15.9. The van der Waals surface area contributed by atoms with Crippen molar-refractivity contribution in [3.8, 4) is 16.9 Å². The molecule has 6 nitrogen and oxygen atoms in total. The third-order valence-corrected chi connectivity index (χ3v) is 5.23. The van der Waals surface area contributed by atoms with Crippen LogP contribution in [-0.2, 0) is 0 Å². The van der Waals surface area contributed by atoms with E-state index >= 15 is 0 Å². The minimum atomic E-state index is -0.773. The first-order valence-corrected chi connectivity index (χ1v) is 9.27. The van der Waals surface area contributed by atoms with Crippen molar-refractivity contribution in [2.75, 3.05) is 23.9 Å². The van der Waals surface area contributed by atoms with Crippen molar-refractivity contribution in [1.29, 1.82) is 0 Å². The average molecular weight is 403 g/mol. The van der Waals surface area contributed by atoms with Gasteiger partial charge >= 0.3 is 0 Å². The third-order valence-electron chi connectivity index (χ3n) is 4.91. The SMILES string of the molecule is COc1cc(F)cc(NC2CCN(c3ccc(-c4cn[nH]c4)c(Cl)c3)C2O)c1. The quantitative estimate of drug-likeness (QED) is 0.604. The smallest absolute Gasteiger partial charge is 0.147 e. The zero-order chi connectivity index (χ0) is 19.7. The summed E-state index contributed by atoms with van der Waals surface area (Å²) in [7, 11) is 1.49. The number of methoxy groups -OCH3 is 1. The molecule has 0 aliphatic carbocycles. The lowest BCUT2D eigenvalue weighted by Crippen LogP contribution is -2.38. The number of hydrogen-bond acceptors (Lipinski definition) is 5. The molecule has 4 rings (SSSR count). The molecule has 3 aromatic rings. The molecule has 0 amide bonds. The Balaban J connectivity index is 1.51. The minimum absolute atomic E-state index is 0.251. The van der Waals surface area contributed by atoms with Crippen LogP contribution in [-0.4, -0.2) is 41.2 Å². The molecule has 2 atom stereocenters. The number of aromatic nitrogens is 2. The molecule has 2 heterocycles. The summed E-state index contributed by atoms with van der Waals surface area (Å²) in [5.74, 6) is 0.0290. The number of aliphatic hydroxyl groups is 1. The second kappa shape index (κ2) is 7.69. The molecule has 2 aromatic carbocycles. The molecule has 0 saturated carbocycles. The van der Waals surface area contributed by atoms with Crippen LogP contribution in [0, 0.1) is 5.82 Å². The number of nitrogens with zero attached hydrogens (tertiary/aromatic N) is 2. The topological polar surface area (TPSA) is 73.4 Å². The third kappa shape index (κ3) is 3.63. The number of halogens is 2. The predicted octanol–water partition coefficient (Wildman–Crippen LogP) is 3.89. The largest absolute Gasteiger partial charge is 0.497 e. The molecule has 3 N–H and O–H groups in total. The molecule has 1 saturated heterocycles. The van der Waals surface area contributed by atoms with E-state index < -0.39 is 12.0 Å². The van der Waals surface area contributed by atoms with Gasteiger partial charge in [0.1, 0.15) is 17.8 Å².